The molecule has 0 spiro atoms. The van der Waals surface area contributed by atoms with Gasteiger partial charge in [-0.1, -0.05) is 67.6 Å². The summed E-state index contributed by atoms with van der Waals surface area (Å²) < 4.78 is 43.9. The zero-order valence-electron chi connectivity index (χ0n) is 20.5. The Morgan fingerprint density at radius 3 is 2.26 bits per heavy atom. The fourth-order valence-corrected chi connectivity index (χ4v) is 4.31. The van der Waals surface area contributed by atoms with Crippen molar-refractivity contribution in [3.63, 3.8) is 0 Å². The first-order valence-corrected chi connectivity index (χ1v) is 11.7. The van der Waals surface area contributed by atoms with Crippen molar-refractivity contribution in [2.45, 2.75) is 39.1 Å². The lowest BCUT2D eigenvalue weighted by Crippen LogP contribution is -2.16. The number of rotatable bonds is 9. The molecule has 38 heavy (non-hydrogen) atoms. The van der Waals surface area contributed by atoms with E-state index in [1.807, 2.05) is 59.3 Å². The van der Waals surface area contributed by atoms with Crippen molar-refractivity contribution in [2.75, 3.05) is 0 Å². The summed E-state index contributed by atoms with van der Waals surface area (Å²) in [6.45, 7) is 3.38. The maximum atomic E-state index is 12.8. The smallest absolute Gasteiger partial charge is 0.406 e. The van der Waals surface area contributed by atoms with Crippen molar-refractivity contribution >= 4 is 22.8 Å². The molecule has 0 bridgehead atoms. The van der Waals surface area contributed by atoms with Crippen molar-refractivity contribution < 1.29 is 42.3 Å². The molecule has 0 fully saturated rings. The molecule has 4 aromatic rings. The van der Waals surface area contributed by atoms with Crippen LogP contribution in [-0.2, 0) is 30.9 Å². The first kappa shape index (κ1) is 26.7. The highest BCUT2D eigenvalue weighted by Crippen LogP contribution is 2.37. The Balaban J connectivity index is 1.79. The van der Waals surface area contributed by atoms with Gasteiger partial charge in [-0.05, 0) is 35.2 Å². The Hall–Kier alpha value is -4.31. The van der Waals surface area contributed by atoms with Crippen LogP contribution < -0.4 is 4.74 Å². The van der Waals surface area contributed by atoms with Crippen LogP contribution in [0.2, 0.25) is 0 Å². The Morgan fingerprint density at radius 1 is 0.921 bits per heavy atom. The predicted octanol–water partition coefficient (Wildman–Crippen LogP) is 6.70. The van der Waals surface area contributed by atoms with Gasteiger partial charge in [-0.2, -0.15) is 0 Å². The number of ether oxygens (including phenoxy) is 1. The summed E-state index contributed by atoms with van der Waals surface area (Å²) >= 11 is 0. The predicted molar refractivity (Wildman–Crippen MR) is 132 cm³/mol. The van der Waals surface area contributed by atoms with Crippen LogP contribution >= 0.6 is 0 Å². The lowest BCUT2D eigenvalue weighted by atomic mass is 9.94. The number of benzene rings is 3. The molecule has 10 heteroatoms. The molecule has 0 saturated heterocycles. The topological polar surface area (TPSA) is 76.0 Å². The molecule has 1 unspecified atom stereocenters. The molecule has 0 N–H and O–H groups in total. The lowest BCUT2D eigenvalue weighted by molar-refractivity contribution is -0.459. The van der Waals surface area contributed by atoms with Crippen molar-refractivity contribution in [1.29, 1.82) is 0 Å². The van der Waals surface area contributed by atoms with E-state index in [0.29, 0.717) is 24.1 Å². The van der Waals surface area contributed by atoms with Gasteiger partial charge < -0.3 is 9.30 Å². The van der Waals surface area contributed by atoms with Crippen LogP contribution in [0.1, 0.15) is 37.3 Å². The number of aromatic nitrogens is 1. The normalized spacial score (nSPS) is 12.2. The van der Waals surface area contributed by atoms with Gasteiger partial charge in [0.1, 0.15) is 5.75 Å². The van der Waals surface area contributed by atoms with Gasteiger partial charge >= 0.3 is 18.3 Å². The van der Waals surface area contributed by atoms with Crippen LogP contribution in [0.5, 0.6) is 5.75 Å². The average molecular weight is 527 g/mol. The molecule has 4 rings (SSSR count). The van der Waals surface area contributed by atoms with E-state index in [9.17, 15) is 22.8 Å². The molecule has 0 amide bonds. The van der Waals surface area contributed by atoms with Gasteiger partial charge in [0.2, 0.25) is 0 Å². The van der Waals surface area contributed by atoms with Gasteiger partial charge in [0.25, 0.3) is 0 Å². The summed E-state index contributed by atoms with van der Waals surface area (Å²) in [6.07, 6.45) is -2.58. The van der Waals surface area contributed by atoms with Gasteiger partial charge in [-0.15, -0.1) is 13.2 Å². The van der Waals surface area contributed by atoms with Crippen molar-refractivity contribution in [3.8, 4) is 16.9 Å². The number of carbonyl (C=O) groups excluding carboxylic acids is 2. The number of nitrogens with zero attached hydrogens (tertiary/aromatic N) is 1. The third-order valence-corrected chi connectivity index (χ3v) is 5.86. The highest BCUT2D eigenvalue weighted by molar-refractivity contribution is 5.99. The molecule has 0 aliphatic heterocycles. The van der Waals surface area contributed by atoms with E-state index in [-0.39, 0.29) is 5.75 Å². The maximum Gasteiger partial charge on any atom is 0.573 e. The van der Waals surface area contributed by atoms with Crippen LogP contribution in [0.4, 0.5) is 13.2 Å². The lowest BCUT2D eigenvalue weighted by Gasteiger charge is -2.13. The Morgan fingerprint density at radius 2 is 1.63 bits per heavy atom. The number of alkyl halides is 3. The molecule has 198 valence electrons. The first-order chi connectivity index (χ1) is 18.2. The van der Waals surface area contributed by atoms with Crippen molar-refractivity contribution in [3.05, 3.63) is 90.1 Å². The van der Waals surface area contributed by atoms with E-state index < -0.39 is 24.2 Å². The highest BCUT2D eigenvalue weighted by atomic mass is 19.4. The molecule has 0 radical (unpaired) electrons. The second kappa shape index (κ2) is 11.4. The fourth-order valence-electron chi connectivity index (χ4n) is 4.31. The second-order valence-electron chi connectivity index (χ2n) is 8.48. The van der Waals surface area contributed by atoms with Crippen molar-refractivity contribution in [1.82, 2.24) is 4.57 Å². The molecule has 0 aliphatic rings. The first-order valence-electron chi connectivity index (χ1n) is 11.7. The molecule has 1 heterocycles. The number of para-hydroxylation sites is 1. The molecule has 0 saturated carbocycles. The number of hydrogen-bond acceptors (Lipinski definition) is 6. The average Bonchev–Trinajstić information content (AvgIpc) is 3.22. The highest BCUT2D eigenvalue weighted by Gasteiger charge is 2.31. The van der Waals surface area contributed by atoms with Crippen LogP contribution in [0.15, 0.2) is 79.0 Å². The Kier molecular flexibility index (Phi) is 8.02. The molecular formula is C28H24F3NO6. The standard InChI is InChI=1S/C28H24F3NO6/c1-3-22(27(34)37-38-36-18(2)33)25-17-32(16-19-8-5-4-6-9-19)26-23(10-7-11-24(25)26)20-12-14-21(15-13-20)35-28(29,30)31/h4-15,17,22H,3,16H2,1-2H3. The van der Waals surface area contributed by atoms with Gasteiger partial charge in [-0.3, -0.25) is 9.78 Å². The summed E-state index contributed by atoms with van der Waals surface area (Å²) in [5.74, 6) is -2.59. The summed E-state index contributed by atoms with van der Waals surface area (Å²) in [5.41, 5.74) is 3.87. The van der Waals surface area contributed by atoms with Crippen LogP contribution in [0, 0.1) is 0 Å². The van der Waals surface area contributed by atoms with Gasteiger partial charge in [-0.25, -0.2) is 9.59 Å². The molecule has 0 aliphatic carbocycles. The summed E-state index contributed by atoms with van der Waals surface area (Å²) in [5, 5.41) is 5.07. The van der Waals surface area contributed by atoms with E-state index in [1.165, 1.54) is 12.1 Å². The number of fused-ring (bicyclic) bond motifs is 1. The van der Waals surface area contributed by atoms with Crippen molar-refractivity contribution in [2.24, 2.45) is 0 Å². The third-order valence-electron chi connectivity index (χ3n) is 5.86. The molecule has 3 aromatic carbocycles. The Labute approximate surface area is 216 Å². The molecule has 7 nitrogen and oxygen atoms in total. The third kappa shape index (κ3) is 6.33. The van der Waals surface area contributed by atoms with E-state index >= 15 is 0 Å². The Bertz CT molecular complexity index is 1410. The molecule has 1 atom stereocenters. The summed E-state index contributed by atoms with van der Waals surface area (Å²) in [4.78, 5) is 32.7. The van der Waals surface area contributed by atoms with Crippen LogP contribution in [0.3, 0.4) is 0 Å². The minimum atomic E-state index is -4.79. The quantitative estimate of drug-likeness (QED) is 0.178. The number of halogens is 3. The second-order valence-corrected chi connectivity index (χ2v) is 8.48. The van der Waals surface area contributed by atoms with Gasteiger partial charge in [0, 0.05) is 35.7 Å². The largest absolute Gasteiger partial charge is 0.573 e. The van der Waals surface area contributed by atoms with E-state index in [2.05, 4.69) is 14.7 Å². The molecular weight excluding hydrogens is 503 g/mol. The van der Waals surface area contributed by atoms with Gasteiger partial charge in [0.15, 0.2) is 0 Å². The summed E-state index contributed by atoms with van der Waals surface area (Å²) in [6, 6.07) is 20.8. The monoisotopic (exact) mass is 527 g/mol. The summed E-state index contributed by atoms with van der Waals surface area (Å²) in [7, 11) is 0. The maximum absolute atomic E-state index is 12.8. The zero-order chi connectivity index (χ0) is 27.3. The minimum absolute atomic E-state index is 0.324. The zero-order valence-corrected chi connectivity index (χ0v) is 20.5. The fraction of sp³-hybridized carbons (Fsp3) is 0.214. The van der Waals surface area contributed by atoms with Crippen LogP contribution in [-0.4, -0.2) is 22.9 Å². The molecule has 1 aromatic heterocycles. The van der Waals surface area contributed by atoms with E-state index in [4.69, 9.17) is 4.89 Å². The SMILES string of the molecule is CCC(C(=O)OOOC(C)=O)c1cn(Cc2ccccc2)c2c(-c3ccc(OC(F)(F)F)cc3)cccc12. The number of hydrogen-bond donors (Lipinski definition) is 0. The van der Waals surface area contributed by atoms with E-state index in [0.717, 1.165) is 29.0 Å². The number of carbonyl (C=O) groups is 2. The minimum Gasteiger partial charge on any atom is -0.406 e. The van der Waals surface area contributed by atoms with E-state index in [1.54, 1.807) is 19.1 Å². The van der Waals surface area contributed by atoms with Crippen LogP contribution in [0.25, 0.3) is 22.0 Å². The van der Waals surface area contributed by atoms with Gasteiger partial charge in [0.05, 0.1) is 11.4 Å².